The van der Waals surface area contributed by atoms with Crippen molar-refractivity contribution in [1.29, 1.82) is 0 Å². The Kier molecular flexibility index (Phi) is 7.04. The number of rotatable bonds is 6. The fraction of sp³-hybridized carbons (Fsp3) is 0.708. The molecule has 1 aromatic rings. The predicted molar refractivity (Wildman–Crippen MR) is 122 cm³/mol. The minimum Gasteiger partial charge on any atom is -0.493 e. The van der Waals surface area contributed by atoms with Gasteiger partial charge in [0.1, 0.15) is 0 Å². The summed E-state index contributed by atoms with van der Waals surface area (Å²) in [6, 6.07) is 4.55. The van der Waals surface area contributed by atoms with Gasteiger partial charge in [-0.25, -0.2) is 0 Å². The molecule has 0 unspecified atom stereocenters. The Morgan fingerprint density at radius 2 is 1.77 bits per heavy atom. The molecule has 7 nitrogen and oxygen atoms in total. The first kappa shape index (κ1) is 22.4. The molecule has 172 valence electrons. The van der Waals surface area contributed by atoms with Crippen LogP contribution in [0.25, 0.3) is 0 Å². The summed E-state index contributed by atoms with van der Waals surface area (Å²) >= 11 is 0. The van der Waals surface area contributed by atoms with Crippen LogP contribution in [-0.2, 0) is 17.8 Å². The highest BCUT2D eigenvalue weighted by atomic mass is 16.5. The van der Waals surface area contributed by atoms with Crippen molar-refractivity contribution in [3.8, 4) is 11.5 Å². The summed E-state index contributed by atoms with van der Waals surface area (Å²) < 4.78 is 10.9. The van der Waals surface area contributed by atoms with E-state index in [0.717, 1.165) is 68.9 Å². The lowest BCUT2D eigenvalue weighted by Crippen LogP contribution is -2.53. The molecule has 0 saturated carbocycles. The van der Waals surface area contributed by atoms with Crippen LogP contribution in [0.4, 0.5) is 0 Å². The fourth-order valence-electron chi connectivity index (χ4n) is 5.61. The summed E-state index contributed by atoms with van der Waals surface area (Å²) in [4.78, 5) is 20.6. The number of carbonyl (C=O) groups is 1. The maximum Gasteiger partial charge on any atom is 0.240 e. The second kappa shape index (κ2) is 9.76. The summed E-state index contributed by atoms with van der Waals surface area (Å²) in [7, 11) is 3.31. The molecule has 1 amide bonds. The van der Waals surface area contributed by atoms with Gasteiger partial charge in [-0.2, -0.15) is 0 Å². The van der Waals surface area contributed by atoms with Gasteiger partial charge in [0, 0.05) is 31.7 Å². The average molecular weight is 431 g/mol. The van der Waals surface area contributed by atoms with Gasteiger partial charge in [0.05, 0.1) is 20.3 Å². The molecule has 0 radical (unpaired) electrons. The van der Waals surface area contributed by atoms with E-state index < -0.39 is 0 Å². The molecule has 1 aromatic carbocycles. The topological polar surface area (TPSA) is 71.3 Å². The number of ether oxygens (including phenoxy) is 2. The van der Waals surface area contributed by atoms with E-state index >= 15 is 0 Å². The highest BCUT2D eigenvalue weighted by Crippen LogP contribution is 2.34. The maximum absolute atomic E-state index is 13.6. The van der Waals surface area contributed by atoms with E-state index in [1.807, 2.05) is 11.0 Å². The fourth-order valence-corrected chi connectivity index (χ4v) is 5.61. The van der Waals surface area contributed by atoms with Crippen LogP contribution in [0.2, 0.25) is 0 Å². The number of hydrogen-bond acceptors (Lipinski definition) is 6. The number of amides is 1. The number of benzene rings is 1. The quantitative estimate of drug-likeness (QED) is 0.743. The van der Waals surface area contributed by atoms with E-state index in [2.05, 4.69) is 22.8 Å². The molecule has 3 heterocycles. The van der Waals surface area contributed by atoms with Gasteiger partial charge in [-0.15, -0.1) is 0 Å². The minimum absolute atomic E-state index is 0.0839. The summed E-state index contributed by atoms with van der Waals surface area (Å²) in [5, 5.41) is 0. The van der Waals surface area contributed by atoms with E-state index in [4.69, 9.17) is 15.2 Å². The number of nitrogens with two attached hydrogens (primary N) is 1. The molecule has 2 atom stereocenters. The summed E-state index contributed by atoms with van der Waals surface area (Å²) in [6.45, 7) is 7.88. The molecule has 7 heteroatoms. The molecule has 2 saturated heterocycles. The number of methoxy groups -OCH3 is 2. The number of piperidine rings is 1. The van der Waals surface area contributed by atoms with Crippen molar-refractivity contribution in [3.63, 3.8) is 0 Å². The Hall–Kier alpha value is -1.83. The second-order valence-corrected chi connectivity index (χ2v) is 9.27. The minimum atomic E-state index is -0.0839. The molecule has 2 N–H and O–H groups in total. The van der Waals surface area contributed by atoms with Crippen molar-refractivity contribution in [2.24, 2.45) is 5.73 Å². The standard InChI is InChI=1S/C24H38N4O3/c1-4-8-26-9-6-20(7-10-26)28-16-19(25)14-21(28)24(29)27-11-5-17-12-22(30-2)23(31-3)13-18(17)15-27/h12-13,19-21H,4-11,14-16,25H2,1-3H3/t19-,21-/m0/s1. The normalized spacial score (nSPS) is 25.5. The number of hydrogen-bond donors (Lipinski definition) is 1. The summed E-state index contributed by atoms with van der Waals surface area (Å²) in [5.74, 6) is 1.71. The van der Waals surface area contributed by atoms with Crippen LogP contribution in [0.1, 0.15) is 43.7 Å². The molecule has 0 bridgehead atoms. The monoisotopic (exact) mass is 430 g/mol. The van der Waals surface area contributed by atoms with Crippen LogP contribution in [0.15, 0.2) is 12.1 Å². The van der Waals surface area contributed by atoms with Crippen molar-refractivity contribution >= 4 is 5.91 Å². The van der Waals surface area contributed by atoms with Gasteiger partial charge in [-0.05, 0) is 75.0 Å². The number of likely N-dealkylation sites (tertiary alicyclic amines) is 2. The van der Waals surface area contributed by atoms with E-state index in [0.29, 0.717) is 12.6 Å². The first-order valence-electron chi connectivity index (χ1n) is 11.8. The van der Waals surface area contributed by atoms with Crippen molar-refractivity contribution in [3.05, 3.63) is 23.3 Å². The van der Waals surface area contributed by atoms with Gasteiger partial charge >= 0.3 is 0 Å². The highest BCUT2D eigenvalue weighted by Gasteiger charge is 2.42. The van der Waals surface area contributed by atoms with E-state index in [1.54, 1.807) is 14.2 Å². The van der Waals surface area contributed by atoms with Crippen LogP contribution in [0, 0.1) is 0 Å². The van der Waals surface area contributed by atoms with Gasteiger partial charge in [0.2, 0.25) is 5.91 Å². The molecular weight excluding hydrogens is 392 g/mol. The number of carbonyl (C=O) groups excluding carboxylic acids is 1. The van der Waals surface area contributed by atoms with E-state index in [9.17, 15) is 4.79 Å². The first-order chi connectivity index (χ1) is 15.0. The molecule has 2 fully saturated rings. The SMILES string of the molecule is CCCN1CCC(N2C[C@@H](N)C[C@H]2C(=O)N2CCc3cc(OC)c(OC)cc3C2)CC1. The van der Waals surface area contributed by atoms with Crippen LogP contribution in [-0.4, -0.2) is 85.7 Å². The van der Waals surface area contributed by atoms with Gasteiger partial charge < -0.3 is 25.0 Å². The van der Waals surface area contributed by atoms with E-state index in [-0.39, 0.29) is 18.0 Å². The largest absolute Gasteiger partial charge is 0.493 e. The second-order valence-electron chi connectivity index (χ2n) is 9.27. The molecule has 3 aliphatic rings. The Balaban J connectivity index is 1.45. The van der Waals surface area contributed by atoms with Gasteiger partial charge in [0.25, 0.3) is 0 Å². The summed E-state index contributed by atoms with van der Waals surface area (Å²) in [6.07, 6.45) is 5.08. The van der Waals surface area contributed by atoms with Crippen LogP contribution in [0.3, 0.4) is 0 Å². The third-order valence-corrected chi connectivity index (χ3v) is 7.25. The van der Waals surface area contributed by atoms with Gasteiger partial charge in [-0.3, -0.25) is 9.69 Å². The smallest absolute Gasteiger partial charge is 0.240 e. The van der Waals surface area contributed by atoms with Crippen LogP contribution < -0.4 is 15.2 Å². The van der Waals surface area contributed by atoms with E-state index in [1.165, 1.54) is 18.5 Å². The Bertz CT molecular complexity index is 778. The predicted octanol–water partition coefficient (Wildman–Crippen LogP) is 1.86. The third-order valence-electron chi connectivity index (χ3n) is 7.25. The van der Waals surface area contributed by atoms with Gasteiger partial charge in [-0.1, -0.05) is 6.92 Å². The first-order valence-corrected chi connectivity index (χ1v) is 11.8. The zero-order chi connectivity index (χ0) is 22.0. The lowest BCUT2D eigenvalue weighted by atomic mass is 9.97. The lowest BCUT2D eigenvalue weighted by molar-refractivity contribution is -0.138. The van der Waals surface area contributed by atoms with Gasteiger partial charge in [0.15, 0.2) is 11.5 Å². The average Bonchev–Trinajstić information content (AvgIpc) is 3.19. The highest BCUT2D eigenvalue weighted by molar-refractivity contribution is 5.82. The van der Waals surface area contributed by atoms with Crippen LogP contribution >= 0.6 is 0 Å². The number of nitrogens with zero attached hydrogens (tertiary/aromatic N) is 3. The Morgan fingerprint density at radius 3 is 2.42 bits per heavy atom. The third kappa shape index (κ3) is 4.69. The molecule has 4 rings (SSSR count). The summed E-state index contributed by atoms with van der Waals surface area (Å²) in [5.41, 5.74) is 8.75. The zero-order valence-corrected chi connectivity index (χ0v) is 19.3. The number of fused-ring (bicyclic) bond motifs is 1. The molecular formula is C24H38N4O3. The lowest BCUT2D eigenvalue weighted by Gasteiger charge is -2.40. The maximum atomic E-state index is 13.6. The van der Waals surface area contributed by atoms with Crippen molar-refractivity contribution in [1.82, 2.24) is 14.7 Å². The van der Waals surface area contributed by atoms with Crippen molar-refractivity contribution in [2.45, 2.75) is 63.7 Å². The van der Waals surface area contributed by atoms with Crippen molar-refractivity contribution in [2.75, 3.05) is 46.9 Å². The molecule has 3 aliphatic heterocycles. The Morgan fingerprint density at radius 1 is 1.10 bits per heavy atom. The zero-order valence-electron chi connectivity index (χ0n) is 19.3. The van der Waals surface area contributed by atoms with Crippen molar-refractivity contribution < 1.29 is 14.3 Å². The molecule has 31 heavy (non-hydrogen) atoms. The molecule has 0 spiro atoms. The van der Waals surface area contributed by atoms with Crippen LogP contribution in [0.5, 0.6) is 11.5 Å². The Labute approximate surface area is 186 Å². The molecule has 0 aliphatic carbocycles. The molecule has 0 aromatic heterocycles.